The average molecular weight is 453 g/mol. The Balaban J connectivity index is 1.41. The first-order valence-corrected chi connectivity index (χ1v) is 10.9. The molecule has 0 radical (unpaired) electrons. The molecule has 32 heavy (non-hydrogen) atoms. The number of rotatable bonds is 3. The molecule has 0 fully saturated rings. The Morgan fingerprint density at radius 1 is 0.531 bits per heavy atom. The Morgan fingerprint density at radius 3 is 1.41 bits per heavy atom. The van der Waals surface area contributed by atoms with Crippen LogP contribution in [-0.2, 0) is 0 Å². The molecule has 0 aliphatic heterocycles. The number of aromatic nitrogens is 2. The van der Waals surface area contributed by atoms with Crippen LogP contribution in [-0.4, -0.2) is 9.97 Å². The fourth-order valence-electron chi connectivity index (χ4n) is 3.75. The van der Waals surface area contributed by atoms with Crippen molar-refractivity contribution in [2.75, 3.05) is 0 Å². The Hall–Kier alpha value is -3.48. The van der Waals surface area contributed by atoms with Gasteiger partial charge in [0.25, 0.3) is 0 Å². The molecule has 0 atom stereocenters. The molecule has 0 amide bonds. The number of nitrogens with zero attached hydrogens (tertiary/aromatic N) is 2. The molecule has 0 spiro atoms. The molecule has 2 aromatic heterocycles. The summed E-state index contributed by atoms with van der Waals surface area (Å²) in [4.78, 5) is 11.0. The van der Waals surface area contributed by atoms with E-state index in [1.54, 1.807) is 0 Å². The summed E-state index contributed by atoms with van der Waals surface area (Å²) < 4.78 is 11.9. The summed E-state index contributed by atoms with van der Waals surface area (Å²) >= 11 is 9.03. The molecule has 0 saturated carbocycles. The lowest BCUT2D eigenvalue weighted by molar-refractivity contribution is 0.617. The van der Waals surface area contributed by atoms with E-state index in [-0.39, 0.29) is 0 Å². The highest BCUT2D eigenvalue weighted by Crippen LogP contribution is 2.33. The molecular formula is C26H16N2O2S2. The van der Waals surface area contributed by atoms with Crippen molar-refractivity contribution < 1.29 is 8.83 Å². The van der Waals surface area contributed by atoms with E-state index >= 15 is 0 Å². The predicted octanol–water partition coefficient (Wildman–Crippen LogP) is 7.55. The van der Waals surface area contributed by atoms with Crippen LogP contribution < -0.4 is 0 Å². The number of fused-ring (bicyclic) bond motifs is 2. The minimum atomic E-state index is 0.560. The highest BCUT2D eigenvalue weighted by Gasteiger charge is 2.14. The monoisotopic (exact) mass is 452 g/mol. The summed E-state index contributed by atoms with van der Waals surface area (Å²) in [5.41, 5.74) is 6.84. The molecule has 4 nitrogen and oxygen atoms in total. The quantitative estimate of drug-likeness (QED) is 0.272. The third-order valence-electron chi connectivity index (χ3n) is 5.38. The molecular weight excluding hydrogens is 436 g/mol. The van der Waals surface area contributed by atoms with Gasteiger partial charge in [-0.2, -0.15) is 0 Å². The second kappa shape index (κ2) is 7.58. The Morgan fingerprint density at radius 2 is 0.969 bits per heavy atom. The van der Waals surface area contributed by atoms with E-state index in [2.05, 4.69) is 35.2 Å². The minimum absolute atomic E-state index is 0.560. The van der Waals surface area contributed by atoms with Crippen molar-refractivity contribution in [1.29, 1.82) is 0 Å². The zero-order valence-corrected chi connectivity index (χ0v) is 18.5. The lowest BCUT2D eigenvalue weighted by Gasteiger charge is -2.00. The van der Waals surface area contributed by atoms with Gasteiger partial charge in [0.1, 0.15) is 11.0 Å². The van der Waals surface area contributed by atoms with Crippen molar-refractivity contribution >= 4 is 47.5 Å². The maximum absolute atomic E-state index is 5.96. The first kappa shape index (κ1) is 19.2. The zero-order valence-electron chi connectivity index (χ0n) is 16.7. The third-order valence-corrected chi connectivity index (χ3v) is 6.16. The van der Waals surface area contributed by atoms with Crippen LogP contribution in [0.15, 0.2) is 104 Å². The van der Waals surface area contributed by atoms with Gasteiger partial charge >= 0.3 is 0 Å². The van der Waals surface area contributed by atoms with Gasteiger partial charge in [0.15, 0.2) is 11.2 Å². The first-order chi connectivity index (χ1) is 15.7. The second-order valence-electron chi connectivity index (χ2n) is 7.44. The Bertz CT molecular complexity index is 1500. The van der Waals surface area contributed by atoms with E-state index < -0.39 is 0 Å². The van der Waals surface area contributed by atoms with Gasteiger partial charge in [-0.15, -0.1) is 25.3 Å². The second-order valence-corrected chi connectivity index (χ2v) is 8.40. The fraction of sp³-hybridized carbons (Fsp3) is 0. The van der Waals surface area contributed by atoms with Crippen molar-refractivity contribution in [3.8, 4) is 34.0 Å². The van der Waals surface area contributed by atoms with Gasteiger partial charge in [-0.3, -0.25) is 0 Å². The molecule has 4 aromatic carbocycles. The number of oxazole rings is 2. The van der Waals surface area contributed by atoms with Gasteiger partial charge in [0.2, 0.25) is 11.8 Å². The molecule has 0 aliphatic rings. The van der Waals surface area contributed by atoms with E-state index in [1.165, 1.54) is 0 Å². The van der Waals surface area contributed by atoms with Gasteiger partial charge in [-0.05, 0) is 59.7 Å². The van der Waals surface area contributed by atoms with Crippen molar-refractivity contribution in [2.24, 2.45) is 0 Å². The lowest BCUT2D eigenvalue weighted by Crippen LogP contribution is -1.80. The average Bonchev–Trinajstić information content (AvgIpc) is 3.42. The molecule has 6 aromatic rings. The molecule has 6 rings (SSSR count). The molecule has 0 unspecified atom stereocenters. The van der Waals surface area contributed by atoms with Gasteiger partial charge in [-0.1, -0.05) is 36.4 Å². The number of hydrogen-bond acceptors (Lipinski definition) is 6. The first-order valence-electron chi connectivity index (χ1n) is 10.0. The summed E-state index contributed by atoms with van der Waals surface area (Å²) in [5, 5.41) is 0. The smallest absolute Gasteiger partial charge is 0.228 e. The Kier molecular flexibility index (Phi) is 4.56. The number of hydrogen-bond donors (Lipinski definition) is 2. The predicted molar refractivity (Wildman–Crippen MR) is 132 cm³/mol. The third kappa shape index (κ3) is 3.28. The van der Waals surface area contributed by atoms with Gasteiger partial charge in [0, 0.05) is 9.79 Å². The van der Waals surface area contributed by atoms with Crippen LogP contribution in [0.1, 0.15) is 0 Å². The molecule has 0 bridgehead atoms. The summed E-state index contributed by atoms with van der Waals surface area (Å²) in [7, 11) is 0. The molecule has 0 N–H and O–H groups in total. The molecule has 6 heteroatoms. The fourth-order valence-corrected chi connectivity index (χ4v) is 4.27. The van der Waals surface area contributed by atoms with Crippen LogP contribution in [0.3, 0.4) is 0 Å². The number of benzene rings is 4. The van der Waals surface area contributed by atoms with E-state index in [0.717, 1.165) is 54.2 Å². The van der Waals surface area contributed by atoms with Crippen LogP contribution in [0, 0.1) is 0 Å². The van der Waals surface area contributed by atoms with Crippen LogP contribution >= 0.6 is 25.3 Å². The van der Waals surface area contributed by atoms with Crippen LogP contribution in [0.4, 0.5) is 0 Å². The zero-order chi connectivity index (χ0) is 21.7. The maximum Gasteiger partial charge on any atom is 0.228 e. The van der Waals surface area contributed by atoms with Gasteiger partial charge in [0.05, 0.1) is 11.1 Å². The van der Waals surface area contributed by atoms with E-state index in [1.807, 2.05) is 84.9 Å². The van der Waals surface area contributed by atoms with Crippen LogP contribution in [0.5, 0.6) is 0 Å². The van der Waals surface area contributed by atoms with Gasteiger partial charge < -0.3 is 8.83 Å². The van der Waals surface area contributed by atoms with E-state index in [0.29, 0.717) is 11.8 Å². The van der Waals surface area contributed by atoms with E-state index in [9.17, 15) is 0 Å². The molecule has 0 saturated heterocycles. The largest absolute Gasteiger partial charge is 0.436 e. The highest BCUT2D eigenvalue weighted by atomic mass is 32.1. The van der Waals surface area contributed by atoms with Crippen molar-refractivity contribution in [3.05, 3.63) is 84.9 Å². The van der Waals surface area contributed by atoms with E-state index in [4.69, 9.17) is 8.83 Å². The summed E-state index contributed by atoms with van der Waals surface area (Å²) in [6, 6.07) is 27.5. The molecule has 154 valence electrons. The standard InChI is InChI=1S/C26H16N2O2S2/c31-23-7-3-1-5-17(23)25-27-19-13-15(9-11-21(19)29-25)16-10-12-22-20(14-16)28-26(30-22)18-6-2-4-8-24(18)32/h1-14,31-32H. The van der Waals surface area contributed by atoms with Crippen molar-refractivity contribution in [2.45, 2.75) is 9.79 Å². The summed E-state index contributed by atoms with van der Waals surface area (Å²) in [6.07, 6.45) is 0. The highest BCUT2D eigenvalue weighted by molar-refractivity contribution is 7.80. The maximum atomic E-state index is 5.96. The SMILES string of the molecule is Sc1ccccc1-c1nc2cc(-c3ccc4oc(-c5ccccc5S)nc4c3)ccc2o1. The molecule has 0 aliphatic carbocycles. The molecule has 2 heterocycles. The minimum Gasteiger partial charge on any atom is -0.436 e. The van der Waals surface area contributed by atoms with Crippen molar-refractivity contribution in [3.63, 3.8) is 0 Å². The van der Waals surface area contributed by atoms with Crippen LogP contribution in [0.25, 0.3) is 56.2 Å². The topological polar surface area (TPSA) is 52.1 Å². The Labute approximate surface area is 194 Å². The normalized spacial score (nSPS) is 11.4. The summed E-state index contributed by atoms with van der Waals surface area (Å²) in [5.74, 6) is 1.12. The summed E-state index contributed by atoms with van der Waals surface area (Å²) in [6.45, 7) is 0. The lowest BCUT2D eigenvalue weighted by atomic mass is 10.0. The van der Waals surface area contributed by atoms with Crippen LogP contribution in [0.2, 0.25) is 0 Å². The van der Waals surface area contributed by atoms with Gasteiger partial charge in [-0.25, -0.2) is 9.97 Å². The van der Waals surface area contributed by atoms with Crippen molar-refractivity contribution in [1.82, 2.24) is 9.97 Å². The number of thiol groups is 2.